The molecule has 1 aliphatic rings. The van der Waals surface area contributed by atoms with Gasteiger partial charge >= 0.3 is 0 Å². The summed E-state index contributed by atoms with van der Waals surface area (Å²) in [5.41, 5.74) is 0.205. The SMILES string of the molecule is Cc1cc(C(=O)N2CCCC2C(=O)Nc2cc(F)c(N(C)C)c(F)c2)ccc1[N+](=O)[O-]. The summed E-state index contributed by atoms with van der Waals surface area (Å²) in [5, 5.41) is 13.5. The molecule has 10 heteroatoms. The fraction of sp³-hybridized carbons (Fsp3) is 0.333. The molecule has 164 valence electrons. The van der Waals surface area contributed by atoms with E-state index in [0.717, 1.165) is 12.1 Å². The van der Waals surface area contributed by atoms with E-state index in [1.54, 1.807) is 0 Å². The molecular weight excluding hydrogens is 410 g/mol. The molecule has 0 saturated carbocycles. The van der Waals surface area contributed by atoms with Crippen LogP contribution in [0, 0.1) is 28.7 Å². The molecule has 0 bridgehead atoms. The molecule has 31 heavy (non-hydrogen) atoms. The van der Waals surface area contributed by atoms with Crippen LogP contribution in [0.3, 0.4) is 0 Å². The fourth-order valence-electron chi connectivity index (χ4n) is 3.73. The van der Waals surface area contributed by atoms with Gasteiger partial charge in [-0.15, -0.1) is 0 Å². The minimum atomic E-state index is -0.819. The summed E-state index contributed by atoms with van der Waals surface area (Å²) in [6.07, 6.45) is 0.975. The van der Waals surface area contributed by atoms with E-state index in [1.807, 2.05) is 0 Å². The predicted octanol–water partition coefficient (Wildman–Crippen LogP) is 3.49. The molecule has 3 rings (SSSR count). The van der Waals surface area contributed by atoms with Crippen LogP contribution in [0.15, 0.2) is 30.3 Å². The predicted molar refractivity (Wildman–Crippen MR) is 111 cm³/mol. The monoisotopic (exact) mass is 432 g/mol. The quantitative estimate of drug-likeness (QED) is 0.576. The van der Waals surface area contributed by atoms with Gasteiger partial charge in [-0.1, -0.05) is 0 Å². The molecule has 1 fully saturated rings. The lowest BCUT2D eigenvalue weighted by molar-refractivity contribution is -0.385. The van der Waals surface area contributed by atoms with Gasteiger partial charge in [0.25, 0.3) is 11.6 Å². The van der Waals surface area contributed by atoms with E-state index in [2.05, 4.69) is 5.32 Å². The lowest BCUT2D eigenvalue weighted by Gasteiger charge is -2.24. The summed E-state index contributed by atoms with van der Waals surface area (Å²) in [6.45, 7) is 1.86. The summed E-state index contributed by atoms with van der Waals surface area (Å²) in [4.78, 5) is 38.8. The normalized spacial score (nSPS) is 15.6. The highest BCUT2D eigenvalue weighted by molar-refractivity contribution is 6.01. The van der Waals surface area contributed by atoms with Crippen molar-refractivity contribution in [3.8, 4) is 0 Å². The largest absolute Gasteiger partial charge is 0.373 e. The Labute approximate surface area is 177 Å². The van der Waals surface area contributed by atoms with E-state index in [4.69, 9.17) is 0 Å². The smallest absolute Gasteiger partial charge is 0.272 e. The first-order valence-electron chi connectivity index (χ1n) is 9.63. The molecule has 1 heterocycles. The summed E-state index contributed by atoms with van der Waals surface area (Å²) in [6, 6.07) is 5.26. The number of halogens is 2. The number of hydrogen-bond acceptors (Lipinski definition) is 5. The number of nitro groups is 1. The van der Waals surface area contributed by atoms with Crippen molar-refractivity contribution in [2.75, 3.05) is 30.9 Å². The first kappa shape index (κ1) is 22.1. The molecule has 1 aliphatic heterocycles. The van der Waals surface area contributed by atoms with Gasteiger partial charge in [-0.25, -0.2) is 8.78 Å². The van der Waals surface area contributed by atoms with Crippen molar-refractivity contribution in [3.63, 3.8) is 0 Å². The Morgan fingerprint density at radius 2 is 1.84 bits per heavy atom. The molecule has 8 nitrogen and oxygen atoms in total. The molecule has 1 N–H and O–H groups in total. The topological polar surface area (TPSA) is 95.8 Å². The van der Waals surface area contributed by atoms with Crippen molar-refractivity contribution >= 4 is 28.9 Å². The zero-order valence-corrected chi connectivity index (χ0v) is 17.3. The Morgan fingerprint density at radius 1 is 1.19 bits per heavy atom. The number of amides is 2. The van der Waals surface area contributed by atoms with Gasteiger partial charge in [0.1, 0.15) is 11.7 Å². The van der Waals surface area contributed by atoms with Gasteiger partial charge in [-0.05, 0) is 44.0 Å². The van der Waals surface area contributed by atoms with Crippen molar-refractivity contribution in [2.24, 2.45) is 0 Å². The Bertz CT molecular complexity index is 1030. The Hall–Kier alpha value is -3.56. The lowest BCUT2D eigenvalue weighted by Crippen LogP contribution is -2.43. The molecule has 1 saturated heterocycles. The van der Waals surface area contributed by atoms with Gasteiger partial charge in [0.05, 0.1) is 4.92 Å². The third-order valence-corrected chi connectivity index (χ3v) is 5.19. The third-order valence-electron chi connectivity index (χ3n) is 5.19. The van der Waals surface area contributed by atoms with E-state index in [-0.39, 0.29) is 22.6 Å². The van der Waals surface area contributed by atoms with Crippen LogP contribution in [-0.2, 0) is 4.79 Å². The highest BCUT2D eigenvalue weighted by Gasteiger charge is 2.35. The Morgan fingerprint density at radius 3 is 2.39 bits per heavy atom. The number of nitrogens with one attached hydrogen (secondary N) is 1. The molecule has 0 radical (unpaired) electrons. The minimum absolute atomic E-state index is 0.0453. The number of nitrogens with zero attached hydrogens (tertiary/aromatic N) is 3. The molecule has 1 unspecified atom stereocenters. The second kappa shape index (κ2) is 8.66. The van der Waals surface area contributed by atoms with Gasteiger partial charge in [0.2, 0.25) is 5.91 Å². The maximum atomic E-state index is 14.2. The van der Waals surface area contributed by atoms with Crippen LogP contribution in [0.5, 0.6) is 0 Å². The molecule has 0 spiro atoms. The van der Waals surface area contributed by atoms with Gasteiger partial charge in [0, 0.05) is 43.5 Å². The number of rotatable bonds is 5. The van der Waals surface area contributed by atoms with Crippen molar-refractivity contribution in [1.82, 2.24) is 4.90 Å². The molecule has 1 atom stereocenters. The average molecular weight is 432 g/mol. The highest BCUT2D eigenvalue weighted by atomic mass is 19.1. The van der Waals surface area contributed by atoms with Crippen LogP contribution in [0.1, 0.15) is 28.8 Å². The van der Waals surface area contributed by atoms with Gasteiger partial charge in [-0.2, -0.15) is 0 Å². The number of aryl methyl sites for hydroxylation is 1. The van der Waals surface area contributed by atoms with E-state index >= 15 is 0 Å². The molecule has 2 aromatic rings. The Kier molecular flexibility index (Phi) is 6.19. The minimum Gasteiger partial charge on any atom is -0.373 e. The van der Waals surface area contributed by atoms with Crippen LogP contribution in [-0.4, -0.2) is 48.3 Å². The zero-order chi connectivity index (χ0) is 22.9. The summed E-state index contributed by atoms with van der Waals surface area (Å²) < 4.78 is 28.4. The standard InChI is InChI=1S/C21H22F2N4O4/c1-12-9-13(6-7-17(12)27(30)31)21(29)26-8-4-5-18(26)20(28)24-14-10-15(22)19(25(2)3)16(23)11-14/h6-7,9-11,18H,4-5,8H2,1-3H3,(H,24,28). The first-order chi connectivity index (χ1) is 14.6. The van der Waals surface area contributed by atoms with Crippen LogP contribution >= 0.6 is 0 Å². The molecule has 2 aromatic carbocycles. The number of nitro benzene ring substituents is 1. The second-order valence-electron chi connectivity index (χ2n) is 7.59. The lowest BCUT2D eigenvalue weighted by atomic mass is 10.1. The maximum Gasteiger partial charge on any atom is 0.272 e. The maximum absolute atomic E-state index is 14.2. The summed E-state index contributed by atoms with van der Waals surface area (Å²) in [7, 11) is 3.00. The number of likely N-dealkylation sites (tertiary alicyclic amines) is 1. The van der Waals surface area contributed by atoms with E-state index in [1.165, 1.54) is 49.0 Å². The number of hydrogen-bond donors (Lipinski definition) is 1. The van der Waals surface area contributed by atoms with Gasteiger partial charge < -0.3 is 15.1 Å². The van der Waals surface area contributed by atoms with Crippen LogP contribution in [0.25, 0.3) is 0 Å². The Balaban J connectivity index is 1.79. The molecule has 0 aromatic heterocycles. The van der Waals surface area contributed by atoms with Crippen LogP contribution in [0.4, 0.5) is 25.8 Å². The van der Waals surface area contributed by atoms with E-state index in [9.17, 15) is 28.5 Å². The highest BCUT2D eigenvalue weighted by Crippen LogP contribution is 2.28. The second-order valence-corrected chi connectivity index (χ2v) is 7.59. The average Bonchev–Trinajstić information content (AvgIpc) is 3.16. The van der Waals surface area contributed by atoms with E-state index < -0.39 is 34.4 Å². The number of anilines is 2. The van der Waals surface area contributed by atoms with Crippen molar-refractivity contribution in [3.05, 3.63) is 63.2 Å². The number of carbonyl (C=O) groups excluding carboxylic acids is 2. The summed E-state index contributed by atoms with van der Waals surface area (Å²) >= 11 is 0. The van der Waals surface area contributed by atoms with Gasteiger partial charge in [0.15, 0.2) is 11.6 Å². The molecular formula is C21H22F2N4O4. The van der Waals surface area contributed by atoms with Crippen LogP contribution in [0.2, 0.25) is 0 Å². The number of benzene rings is 2. The van der Waals surface area contributed by atoms with Crippen molar-refractivity contribution in [1.29, 1.82) is 0 Å². The third kappa shape index (κ3) is 4.47. The number of carbonyl (C=O) groups is 2. The zero-order valence-electron chi connectivity index (χ0n) is 17.3. The van der Waals surface area contributed by atoms with Crippen molar-refractivity contribution < 1.29 is 23.3 Å². The molecule has 2 amide bonds. The van der Waals surface area contributed by atoms with Crippen molar-refractivity contribution in [2.45, 2.75) is 25.8 Å². The fourth-order valence-corrected chi connectivity index (χ4v) is 3.73. The van der Waals surface area contributed by atoms with Crippen LogP contribution < -0.4 is 10.2 Å². The summed E-state index contributed by atoms with van der Waals surface area (Å²) in [5.74, 6) is -2.63. The van der Waals surface area contributed by atoms with E-state index in [0.29, 0.717) is 24.9 Å². The first-order valence-corrected chi connectivity index (χ1v) is 9.63. The molecule has 0 aliphatic carbocycles. The van der Waals surface area contributed by atoms with Gasteiger partial charge in [-0.3, -0.25) is 19.7 Å².